The van der Waals surface area contributed by atoms with E-state index in [0.717, 1.165) is 4.47 Å². The molecule has 0 fully saturated rings. The summed E-state index contributed by atoms with van der Waals surface area (Å²) in [7, 11) is -3.99. The van der Waals surface area contributed by atoms with Crippen LogP contribution < -0.4 is 0 Å². The Morgan fingerprint density at radius 2 is 1.83 bits per heavy atom. The van der Waals surface area contributed by atoms with Crippen LogP contribution in [0.25, 0.3) is 10.9 Å². The molecule has 118 valence electrons. The quantitative estimate of drug-likeness (QED) is 0.605. The molecule has 3 rings (SSSR count). The first-order valence-corrected chi connectivity index (χ1v) is 8.92. The fraction of sp³-hybridized carbons (Fsp3) is 0. The van der Waals surface area contributed by atoms with Gasteiger partial charge in [-0.3, -0.25) is 0 Å². The summed E-state index contributed by atoms with van der Waals surface area (Å²) in [6.07, 6.45) is 0. The van der Waals surface area contributed by atoms with Crippen LogP contribution >= 0.6 is 27.5 Å². The third kappa shape index (κ3) is 3.24. The number of aromatic hydroxyl groups is 1. The fourth-order valence-electron chi connectivity index (χ4n) is 1.99. The molecule has 0 spiro atoms. The smallest absolute Gasteiger partial charge is 0.299 e. The first-order valence-electron chi connectivity index (χ1n) is 6.30. The third-order valence-electron chi connectivity index (χ3n) is 3.07. The minimum absolute atomic E-state index is 0.0360. The van der Waals surface area contributed by atoms with Gasteiger partial charge in [-0.15, -0.1) is 5.11 Å². The molecule has 0 radical (unpaired) electrons. The van der Waals surface area contributed by atoms with Crippen LogP contribution in [0.1, 0.15) is 0 Å². The Kier molecular flexibility index (Phi) is 4.13. The molecular weight excluding hydrogens is 406 g/mol. The minimum atomic E-state index is -3.99. The van der Waals surface area contributed by atoms with Crippen molar-refractivity contribution in [1.29, 1.82) is 0 Å². The molecule has 0 aliphatic heterocycles. The monoisotopic (exact) mass is 413 g/mol. The summed E-state index contributed by atoms with van der Waals surface area (Å²) in [5, 5.41) is 14.6. The average molecular weight is 415 g/mol. The van der Waals surface area contributed by atoms with Crippen molar-refractivity contribution in [2.45, 2.75) is 4.90 Å². The van der Waals surface area contributed by atoms with Crippen molar-refractivity contribution < 1.29 is 13.5 Å². The van der Waals surface area contributed by atoms with E-state index in [1.807, 2.05) is 0 Å². The highest BCUT2D eigenvalue weighted by Gasteiger charge is 2.15. The number of benzene rings is 2. The molecule has 0 saturated carbocycles. The van der Waals surface area contributed by atoms with Crippen LogP contribution in [0.3, 0.4) is 0 Å². The lowest BCUT2D eigenvalue weighted by atomic mass is 10.2. The lowest BCUT2D eigenvalue weighted by Crippen LogP contribution is -1.94. The van der Waals surface area contributed by atoms with Gasteiger partial charge in [-0.25, -0.2) is 0 Å². The van der Waals surface area contributed by atoms with Crippen LogP contribution in [-0.4, -0.2) is 18.5 Å². The molecule has 0 aliphatic rings. The van der Waals surface area contributed by atoms with Crippen molar-refractivity contribution in [2.24, 2.45) is 9.63 Å². The minimum Gasteiger partial charge on any atom is -0.493 e. The SMILES string of the molecule is O=S(=O)(N=Nc1c(O)[nH]c2ccc(Br)cc12)c1ccc(Cl)cc1. The Bertz CT molecular complexity index is 1010. The molecule has 0 amide bonds. The number of aromatic nitrogens is 1. The summed E-state index contributed by atoms with van der Waals surface area (Å²) < 4.78 is 28.5. The summed E-state index contributed by atoms with van der Waals surface area (Å²) in [6, 6.07) is 10.8. The highest BCUT2D eigenvalue weighted by molar-refractivity contribution is 9.10. The van der Waals surface area contributed by atoms with Crippen molar-refractivity contribution in [3.63, 3.8) is 0 Å². The average Bonchev–Trinajstić information content (AvgIpc) is 2.80. The number of H-pyrrole nitrogens is 1. The summed E-state index contributed by atoms with van der Waals surface area (Å²) >= 11 is 9.04. The molecule has 6 nitrogen and oxygen atoms in total. The molecule has 0 saturated heterocycles. The van der Waals surface area contributed by atoms with Gasteiger partial charge in [-0.1, -0.05) is 32.1 Å². The molecule has 0 atom stereocenters. The Balaban J connectivity index is 2.04. The zero-order valence-corrected chi connectivity index (χ0v) is 14.5. The Morgan fingerprint density at radius 1 is 1.13 bits per heavy atom. The van der Waals surface area contributed by atoms with Gasteiger partial charge in [-0.05, 0) is 42.5 Å². The summed E-state index contributed by atoms with van der Waals surface area (Å²) in [5.41, 5.74) is 0.669. The zero-order valence-electron chi connectivity index (χ0n) is 11.4. The predicted octanol–water partition coefficient (Wildman–Crippen LogP) is 4.76. The van der Waals surface area contributed by atoms with Crippen molar-refractivity contribution in [3.05, 3.63) is 52.0 Å². The van der Waals surface area contributed by atoms with E-state index in [9.17, 15) is 13.5 Å². The van der Waals surface area contributed by atoms with Gasteiger partial charge in [0.2, 0.25) is 5.88 Å². The lowest BCUT2D eigenvalue weighted by Gasteiger charge is -1.97. The normalized spacial score (nSPS) is 12.3. The van der Waals surface area contributed by atoms with Gasteiger partial charge >= 0.3 is 0 Å². The number of hydrogen-bond donors (Lipinski definition) is 2. The molecule has 2 N–H and O–H groups in total. The van der Waals surface area contributed by atoms with E-state index in [-0.39, 0.29) is 16.5 Å². The van der Waals surface area contributed by atoms with Crippen LogP contribution in [0.15, 0.2) is 61.5 Å². The van der Waals surface area contributed by atoms with Crippen molar-refractivity contribution in [2.75, 3.05) is 0 Å². The van der Waals surface area contributed by atoms with Crippen LogP contribution in [0.4, 0.5) is 5.69 Å². The molecule has 2 aromatic carbocycles. The summed E-state index contributed by atoms with van der Waals surface area (Å²) in [4.78, 5) is 2.67. The van der Waals surface area contributed by atoms with Gasteiger partial charge in [0.1, 0.15) is 0 Å². The largest absolute Gasteiger partial charge is 0.493 e. The number of aromatic amines is 1. The standard InChI is InChI=1S/C14H9BrClN3O3S/c15-8-1-6-12-11(7-8)13(14(20)17-12)18-19-23(21,22)10-4-2-9(16)3-5-10/h1-7,17,20H. The molecule has 23 heavy (non-hydrogen) atoms. The van der Waals surface area contributed by atoms with E-state index in [1.165, 1.54) is 24.3 Å². The van der Waals surface area contributed by atoms with Gasteiger partial charge in [-0.2, -0.15) is 8.42 Å². The molecule has 3 aromatic rings. The Morgan fingerprint density at radius 3 is 2.52 bits per heavy atom. The first kappa shape index (κ1) is 16.0. The first-order chi connectivity index (χ1) is 10.9. The van der Waals surface area contributed by atoms with Crippen LogP contribution in [0.5, 0.6) is 5.88 Å². The van der Waals surface area contributed by atoms with Crippen LogP contribution in [0.2, 0.25) is 5.02 Å². The molecular formula is C14H9BrClN3O3S. The van der Waals surface area contributed by atoms with Crippen molar-refractivity contribution >= 4 is 54.1 Å². The number of hydrogen-bond acceptors (Lipinski definition) is 4. The maximum Gasteiger partial charge on any atom is 0.299 e. The Hall–Kier alpha value is -1.90. The second kappa shape index (κ2) is 5.95. The van der Waals surface area contributed by atoms with Gasteiger partial charge in [0.15, 0.2) is 5.69 Å². The number of nitrogens with zero attached hydrogens (tertiary/aromatic N) is 2. The van der Waals surface area contributed by atoms with Crippen molar-refractivity contribution in [1.82, 2.24) is 4.98 Å². The topological polar surface area (TPSA) is 94.9 Å². The van der Waals surface area contributed by atoms with E-state index in [2.05, 4.69) is 30.5 Å². The number of halogens is 2. The summed E-state index contributed by atoms with van der Waals surface area (Å²) in [6.45, 7) is 0. The van der Waals surface area contributed by atoms with E-state index in [0.29, 0.717) is 15.9 Å². The van der Waals surface area contributed by atoms with E-state index in [4.69, 9.17) is 11.6 Å². The highest BCUT2D eigenvalue weighted by Crippen LogP contribution is 2.37. The van der Waals surface area contributed by atoms with Gasteiger partial charge in [0, 0.05) is 14.9 Å². The molecule has 1 heterocycles. The fourth-order valence-corrected chi connectivity index (χ4v) is 3.24. The number of fused-ring (bicyclic) bond motifs is 1. The lowest BCUT2D eigenvalue weighted by molar-refractivity contribution is 0.459. The van der Waals surface area contributed by atoms with Gasteiger partial charge in [0.25, 0.3) is 10.0 Å². The highest BCUT2D eigenvalue weighted by atomic mass is 79.9. The second-order valence-electron chi connectivity index (χ2n) is 4.62. The Labute approximate surface area is 145 Å². The van der Waals surface area contributed by atoms with E-state index < -0.39 is 10.0 Å². The molecule has 0 unspecified atom stereocenters. The molecule has 0 aliphatic carbocycles. The number of sulfonamides is 1. The predicted molar refractivity (Wildman–Crippen MR) is 90.8 cm³/mol. The van der Waals surface area contributed by atoms with Crippen LogP contribution in [0, 0.1) is 0 Å². The van der Waals surface area contributed by atoms with Crippen molar-refractivity contribution in [3.8, 4) is 5.88 Å². The number of rotatable bonds is 3. The third-order valence-corrected chi connectivity index (χ3v) is 4.98. The van der Waals surface area contributed by atoms with E-state index in [1.54, 1.807) is 18.2 Å². The van der Waals surface area contributed by atoms with Gasteiger partial charge in [0.05, 0.1) is 10.4 Å². The number of nitrogens with one attached hydrogen (secondary N) is 1. The maximum absolute atomic E-state index is 12.1. The second-order valence-corrected chi connectivity index (χ2v) is 7.56. The molecule has 1 aromatic heterocycles. The zero-order chi connectivity index (χ0) is 16.6. The summed E-state index contributed by atoms with van der Waals surface area (Å²) in [5.74, 6) is -0.256. The van der Waals surface area contributed by atoms with Gasteiger partial charge < -0.3 is 10.1 Å². The van der Waals surface area contributed by atoms with E-state index >= 15 is 0 Å². The maximum atomic E-state index is 12.1. The molecule has 0 bridgehead atoms. The molecule has 9 heteroatoms. The van der Waals surface area contributed by atoms with Crippen LogP contribution in [-0.2, 0) is 10.0 Å².